The van der Waals surface area contributed by atoms with Crippen LogP contribution in [-0.2, 0) is 14.5 Å². The number of hydrogen-bond donors (Lipinski definition) is 2. The lowest BCUT2D eigenvalue weighted by Gasteiger charge is -2.45. The molecule has 0 radical (unpaired) electrons. The van der Waals surface area contributed by atoms with E-state index in [4.69, 9.17) is 4.52 Å². The Balaban J connectivity index is 2.67. The highest BCUT2D eigenvalue weighted by atomic mass is 31.2. The smallest absolute Gasteiger partial charge is 0.303 e. The van der Waals surface area contributed by atoms with E-state index in [9.17, 15) is 14.4 Å². The zero-order valence-corrected chi connectivity index (χ0v) is 14.5. The number of rotatable bonds is 5. The van der Waals surface area contributed by atoms with Gasteiger partial charge in [0.15, 0.2) is 0 Å². The molecule has 0 fully saturated rings. The molecule has 0 spiro atoms. The summed E-state index contributed by atoms with van der Waals surface area (Å²) in [6.07, 6.45) is 0. The van der Waals surface area contributed by atoms with Crippen LogP contribution in [0, 0.1) is 5.41 Å². The fourth-order valence-corrected chi connectivity index (χ4v) is 3.40. The van der Waals surface area contributed by atoms with Gasteiger partial charge in [0, 0.05) is 5.41 Å². The first-order valence-electron chi connectivity index (χ1n) is 7.48. The molecule has 0 atom stereocenters. The number of phosphoric acid groups is 1. The second kappa shape index (κ2) is 6.58. The molecule has 2 aromatic carbocycles. The van der Waals surface area contributed by atoms with Gasteiger partial charge in [0.05, 0.1) is 6.61 Å². The molecule has 0 aliphatic carbocycles. The van der Waals surface area contributed by atoms with E-state index in [0.29, 0.717) is 0 Å². The summed E-state index contributed by atoms with van der Waals surface area (Å²) >= 11 is 0. The fourth-order valence-electron chi connectivity index (χ4n) is 3.04. The summed E-state index contributed by atoms with van der Waals surface area (Å²) < 4.78 is 16.3. The second-order valence-electron chi connectivity index (χ2n) is 6.65. The van der Waals surface area contributed by atoms with Crippen LogP contribution in [0.2, 0.25) is 0 Å². The molecule has 0 bridgehead atoms. The summed E-state index contributed by atoms with van der Waals surface area (Å²) in [5.41, 5.74) is 0.918. The van der Waals surface area contributed by atoms with Gasteiger partial charge in [0.2, 0.25) is 0 Å². The van der Waals surface area contributed by atoms with E-state index in [-0.39, 0.29) is 12.0 Å². The summed E-state index contributed by atoms with van der Waals surface area (Å²) in [5.74, 6) is 0. The third kappa shape index (κ3) is 3.91. The average molecular weight is 334 g/mol. The summed E-state index contributed by atoms with van der Waals surface area (Å²) in [4.78, 5) is 18.5. The molecule has 0 heterocycles. The highest BCUT2D eigenvalue weighted by Crippen LogP contribution is 2.50. The molecule has 0 saturated carbocycles. The van der Waals surface area contributed by atoms with Crippen LogP contribution in [0.1, 0.15) is 31.9 Å². The summed E-state index contributed by atoms with van der Waals surface area (Å²) in [7, 11) is -4.57. The van der Waals surface area contributed by atoms with Gasteiger partial charge >= 0.3 is 7.82 Å². The van der Waals surface area contributed by atoms with Crippen molar-refractivity contribution >= 4 is 7.82 Å². The third-order valence-electron chi connectivity index (χ3n) is 4.26. The lowest BCUT2D eigenvalue weighted by atomic mass is 9.59. The maximum atomic E-state index is 11.3. The highest BCUT2D eigenvalue weighted by molar-refractivity contribution is 7.46. The Hall–Kier alpha value is -1.45. The number of phosphoric ester groups is 1. The Morgan fingerprint density at radius 3 is 1.57 bits per heavy atom. The predicted molar refractivity (Wildman–Crippen MR) is 91.1 cm³/mol. The monoisotopic (exact) mass is 334 g/mol. The van der Waals surface area contributed by atoms with Gasteiger partial charge in [0.25, 0.3) is 0 Å². The summed E-state index contributed by atoms with van der Waals surface area (Å²) in [6, 6.07) is 19.4. The molecule has 4 nitrogen and oxygen atoms in total. The fraction of sp³-hybridized carbons (Fsp3) is 0.333. The van der Waals surface area contributed by atoms with E-state index >= 15 is 0 Å². The summed E-state index contributed by atoms with van der Waals surface area (Å²) in [6.45, 7) is 6.05. The first-order chi connectivity index (χ1) is 10.7. The molecule has 0 aliphatic rings. The molecule has 2 rings (SSSR count). The standard InChI is InChI=1S/C18H23O4P/c1-17(2,3)18(14-22-23(19,20)21,15-10-6-4-7-11-15)16-12-8-5-9-13-16/h4-13H,14H2,1-3H3,(H2,19,20,21). The molecule has 0 unspecified atom stereocenters. The normalized spacial score (nSPS) is 13.1. The van der Waals surface area contributed by atoms with Crippen LogP contribution >= 0.6 is 7.82 Å². The van der Waals surface area contributed by atoms with Crippen molar-refractivity contribution in [2.45, 2.75) is 26.2 Å². The van der Waals surface area contributed by atoms with Crippen molar-refractivity contribution < 1.29 is 18.9 Å². The molecule has 5 heteroatoms. The Morgan fingerprint density at radius 2 is 1.26 bits per heavy atom. The second-order valence-corrected chi connectivity index (χ2v) is 7.89. The van der Waals surface area contributed by atoms with Crippen LogP contribution in [0.4, 0.5) is 0 Å². The molecule has 0 aliphatic heterocycles. The molecular weight excluding hydrogens is 311 g/mol. The quantitative estimate of drug-likeness (QED) is 0.807. The Kier molecular flexibility index (Phi) is 5.12. The Morgan fingerprint density at radius 1 is 0.870 bits per heavy atom. The van der Waals surface area contributed by atoms with E-state index in [1.54, 1.807) is 0 Å². The maximum Gasteiger partial charge on any atom is 0.469 e. The van der Waals surface area contributed by atoms with Crippen LogP contribution in [0.15, 0.2) is 60.7 Å². The van der Waals surface area contributed by atoms with Crippen molar-refractivity contribution in [1.29, 1.82) is 0 Å². The van der Waals surface area contributed by atoms with Gasteiger partial charge in [-0.2, -0.15) is 0 Å². The van der Waals surface area contributed by atoms with Crippen LogP contribution < -0.4 is 0 Å². The third-order valence-corrected chi connectivity index (χ3v) is 4.73. The van der Waals surface area contributed by atoms with Crippen molar-refractivity contribution in [2.75, 3.05) is 6.61 Å². The highest BCUT2D eigenvalue weighted by Gasteiger charge is 2.46. The maximum absolute atomic E-state index is 11.3. The molecule has 0 aromatic heterocycles. The molecular formula is C18H23O4P. The number of benzene rings is 2. The molecule has 2 N–H and O–H groups in total. The van der Waals surface area contributed by atoms with E-state index in [1.807, 2.05) is 60.7 Å². The molecule has 23 heavy (non-hydrogen) atoms. The molecule has 124 valence electrons. The first kappa shape index (κ1) is 17.9. The van der Waals surface area contributed by atoms with E-state index in [2.05, 4.69) is 20.8 Å². The van der Waals surface area contributed by atoms with Crippen LogP contribution in [-0.4, -0.2) is 16.4 Å². The zero-order valence-electron chi connectivity index (χ0n) is 13.6. The van der Waals surface area contributed by atoms with Gasteiger partial charge in [0.1, 0.15) is 0 Å². The van der Waals surface area contributed by atoms with E-state index in [1.165, 1.54) is 0 Å². The molecule has 2 aromatic rings. The van der Waals surface area contributed by atoms with Crippen LogP contribution in [0.3, 0.4) is 0 Å². The zero-order chi connectivity index (χ0) is 17.1. The van der Waals surface area contributed by atoms with E-state index < -0.39 is 13.2 Å². The van der Waals surface area contributed by atoms with Gasteiger partial charge in [-0.3, -0.25) is 4.52 Å². The largest absolute Gasteiger partial charge is 0.469 e. The van der Waals surface area contributed by atoms with E-state index in [0.717, 1.165) is 11.1 Å². The Labute approximate surface area is 137 Å². The molecule has 0 amide bonds. The Bertz CT molecular complexity index is 632. The van der Waals surface area contributed by atoms with Crippen molar-refractivity contribution in [2.24, 2.45) is 5.41 Å². The number of hydrogen-bond acceptors (Lipinski definition) is 2. The van der Waals surface area contributed by atoms with Crippen molar-refractivity contribution in [3.8, 4) is 0 Å². The van der Waals surface area contributed by atoms with Crippen LogP contribution in [0.25, 0.3) is 0 Å². The van der Waals surface area contributed by atoms with Gasteiger partial charge in [-0.05, 0) is 16.5 Å². The topological polar surface area (TPSA) is 66.8 Å². The molecule has 0 saturated heterocycles. The minimum absolute atomic E-state index is 0.102. The predicted octanol–water partition coefficient (Wildman–Crippen LogP) is 4.13. The van der Waals surface area contributed by atoms with Crippen molar-refractivity contribution in [3.05, 3.63) is 71.8 Å². The minimum Gasteiger partial charge on any atom is -0.303 e. The van der Waals surface area contributed by atoms with Gasteiger partial charge < -0.3 is 9.79 Å². The first-order valence-corrected chi connectivity index (χ1v) is 9.01. The average Bonchev–Trinajstić information content (AvgIpc) is 2.47. The summed E-state index contributed by atoms with van der Waals surface area (Å²) in [5, 5.41) is 0. The van der Waals surface area contributed by atoms with Crippen molar-refractivity contribution in [1.82, 2.24) is 0 Å². The lowest BCUT2D eigenvalue weighted by Crippen LogP contribution is -2.45. The van der Waals surface area contributed by atoms with Crippen molar-refractivity contribution in [3.63, 3.8) is 0 Å². The van der Waals surface area contributed by atoms with Gasteiger partial charge in [-0.15, -0.1) is 0 Å². The minimum atomic E-state index is -4.57. The lowest BCUT2D eigenvalue weighted by molar-refractivity contribution is 0.106. The van der Waals surface area contributed by atoms with Gasteiger partial charge in [-0.25, -0.2) is 4.57 Å². The van der Waals surface area contributed by atoms with Gasteiger partial charge in [-0.1, -0.05) is 81.4 Å². The van der Waals surface area contributed by atoms with Crippen LogP contribution in [0.5, 0.6) is 0 Å². The SMILES string of the molecule is CC(C)(C)C(COP(=O)(O)O)(c1ccccc1)c1ccccc1.